The molecule has 22 heavy (non-hydrogen) atoms. The number of allylic oxidation sites excluding steroid dienone is 1. The zero-order valence-electron chi connectivity index (χ0n) is 14.8. The molecule has 0 spiro atoms. The van der Waals surface area contributed by atoms with Gasteiger partial charge in [0.25, 0.3) is 0 Å². The Morgan fingerprint density at radius 1 is 1.18 bits per heavy atom. The largest absolute Gasteiger partial charge is 0.513 e. The van der Waals surface area contributed by atoms with Gasteiger partial charge in [-0.25, -0.2) is 0 Å². The van der Waals surface area contributed by atoms with Gasteiger partial charge in [0.2, 0.25) is 5.91 Å². The minimum Gasteiger partial charge on any atom is -0.513 e. The van der Waals surface area contributed by atoms with E-state index in [-0.39, 0.29) is 35.3 Å². The van der Waals surface area contributed by atoms with Crippen molar-refractivity contribution in [3.8, 4) is 0 Å². The molecule has 0 aromatic heterocycles. The molecule has 0 rings (SSSR count). The van der Waals surface area contributed by atoms with Crippen LogP contribution in [0.1, 0.15) is 47.5 Å². The lowest BCUT2D eigenvalue weighted by molar-refractivity contribution is -0.132. The third-order valence-electron chi connectivity index (χ3n) is 3.75. The second-order valence-corrected chi connectivity index (χ2v) is 6.68. The van der Waals surface area contributed by atoms with Crippen LogP contribution in [0.25, 0.3) is 0 Å². The van der Waals surface area contributed by atoms with Crippen LogP contribution < -0.4 is 5.32 Å². The fourth-order valence-electron chi connectivity index (χ4n) is 2.66. The van der Waals surface area contributed by atoms with E-state index < -0.39 is 6.04 Å². The molecule has 2 N–H and O–H groups in total. The van der Waals surface area contributed by atoms with Crippen molar-refractivity contribution >= 4 is 11.7 Å². The Morgan fingerprint density at radius 3 is 2.09 bits per heavy atom. The Hall–Kier alpha value is -1.36. The number of hydrogen-bond donors (Lipinski definition) is 2. The number of nitrogens with one attached hydrogen (secondary N) is 1. The van der Waals surface area contributed by atoms with Crippen molar-refractivity contribution in [1.29, 1.82) is 0 Å². The van der Waals surface area contributed by atoms with Crippen LogP contribution in [0, 0.1) is 11.8 Å². The van der Waals surface area contributed by atoms with Crippen molar-refractivity contribution in [3.63, 3.8) is 0 Å². The lowest BCUT2D eigenvalue weighted by atomic mass is 9.97. The van der Waals surface area contributed by atoms with E-state index in [4.69, 9.17) is 5.11 Å². The number of Topliss-reactive ketones (excluding diaryl/α,β-unsaturated/α-hetero) is 1. The standard InChI is InChI=1S/C17H32N2O3/c1-11(2)15(14(6)21)18-17(22)16(12(3)4)19(7)10-8-9-13(5)20/h11-12,15-16,20H,5,8-10H2,1-4,6-7H3,(H,18,22)/t15-,16?/m0/s1. The monoisotopic (exact) mass is 312 g/mol. The third kappa shape index (κ3) is 7.07. The summed E-state index contributed by atoms with van der Waals surface area (Å²) in [7, 11) is 1.89. The second-order valence-electron chi connectivity index (χ2n) is 6.68. The Balaban J connectivity index is 4.82. The van der Waals surface area contributed by atoms with Gasteiger partial charge >= 0.3 is 0 Å². The molecule has 1 amide bonds. The first-order valence-corrected chi connectivity index (χ1v) is 7.95. The predicted octanol–water partition coefficient (Wildman–Crippen LogP) is 2.52. The SMILES string of the molecule is C=C(O)CCCN(C)C(C(=O)N[C@H](C(C)=O)C(C)C)C(C)C. The fourth-order valence-corrected chi connectivity index (χ4v) is 2.66. The maximum absolute atomic E-state index is 12.6. The van der Waals surface area contributed by atoms with E-state index in [1.165, 1.54) is 6.92 Å². The van der Waals surface area contributed by atoms with Crippen LogP contribution >= 0.6 is 0 Å². The molecular weight excluding hydrogens is 280 g/mol. The molecule has 5 heteroatoms. The molecule has 5 nitrogen and oxygen atoms in total. The number of hydrogen-bond acceptors (Lipinski definition) is 4. The summed E-state index contributed by atoms with van der Waals surface area (Å²) in [5.74, 6) is 0.217. The molecule has 0 radical (unpaired) electrons. The van der Waals surface area contributed by atoms with Gasteiger partial charge in [0.05, 0.1) is 17.8 Å². The maximum atomic E-state index is 12.6. The fraction of sp³-hybridized carbons (Fsp3) is 0.765. The zero-order chi connectivity index (χ0) is 17.4. The normalized spacial score (nSPS) is 14.2. The molecule has 0 aromatic rings. The first kappa shape index (κ1) is 20.6. The summed E-state index contributed by atoms with van der Waals surface area (Å²) in [4.78, 5) is 26.2. The summed E-state index contributed by atoms with van der Waals surface area (Å²) >= 11 is 0. The van der Waals surface area contributed by atoms with Crippen LogP contribution in [0.4, 0.5) is 0 Å². The quantitative estimate of drug-likeness (QED) is 0.608. The first-order chi connectivity index (χ1) is 10.1. The molecule has 0 aromatic carbocycles. The summed E-state index contributed by atoms with van der Waals surface area (Å²) in [6.07, 6.45) is 1.27. The highest BCUT2D eigenvalue weighted by atomic mass is 16.3. The van der Waals surface area contributed by atoms with Gasteiger partial charge in [-0.15, -0.1) is 0 Å². The molecule has 0 aliphatic heterocycles. The van der Waals surface area contributed by atoms with Crippen molar-refractivity contribution in [2.45, 2.75) is 59.5 Å². The number of rotatable bonds is 10. The van der Waals surface area contributed by atoms with E-state index in [9.17, 15) is 9.59 Å². The molecule has 0 heterocycles. The van der Waals surface area contributed by atoms with E-state index in [1.54, 1.807) is 0 Å². The number of carbonyl (C=O) groups excluding carboxylic acids is 2. The van der Waals surface area contributed by atoms with Crippen LogP contribution in [0.15, 0.2) is 12.3 Å². The van der Waals surface area contributed by atoms with Crippen molar-refractivity contribution < 1.29 is 14.7 Å². The molecule has 128 valence electrons. The average molecular weight is 312 g/mol. The van der Waals surface area contributed by atoms with Crippen LogP contribution in [0.5, 0.6) is 0 Å². The van der Waals surface area contributed by atoms with Gasteiger partial charge in [0, 0.05) is 6.42 Å². The van der Waals surface area contributed by atoms with Crippen LogP contribution in [0.2, 0.25) is 0 Å². The average Bonchev–Trinajstić information content (AvgIpc) is 2.34. The summed E-state index contributed by atoms with van der Waals surface area (Å²) in [6, 6.07) is -0.744. The predicted molar refractivity (Wildman–Crippen MR) is 89.7 cm³/mol. The Bertz CT molecular complexity index is 391. The first-order valence-electron chi connectivity index (χ1n) is 7.95. The van der Waals surface area contributed by atoms with Gasteiger partial charge in [-0.2, -0.15) is 0 Å². The van der Waals surface area contributed by atoms with E-state index in [2.05, 4.69) is 11.9 Å². The van der Waals surface area contributed by atoms with Gasteiger partial charge in [-0.1, -0.05) is 34.3 Å². The molecule has 0 bridgehead atoms. The number of nitrogens with zero attached hydrogens (tertiary/aromatic N) is 1. The van der Waals surface area contributed by atoms with Gasteiger partial charge in [-0.3, -0.25) is 14.5 Å². The molecule has 2 atom stereocenters. The Morgan fingerprint density at radius 2 is 1.73 bits per heavy atom. The van der Waals surface area contributed by atoms with Gasteiger partial charge in [0.15, 0.2) is 5.78 Å². The number of aliphatic hydroxyl groups excluding tert-OH is 1. The summed E-state index contributed by atoms with van der Waals surface area (Å²) in [6.45, 7) is 13.5. The lowest BCUT2D eigenvalue weighted by Crippen LogP contribution is -2.53. The number of aliphatic hydroxyl groups is 1. The summed E-state index contributed by atoms with van der Waals surface area (Å²) < 4.78 is 0. The molecule has 0 saturated carbocycles. The zero-order valence-corrected chi connectivity index (χ0v) is 14.8. The second kappa shape index (κ2) is 9.62. The van der Waals surface area contributed by atoms with Crippen molar-refractivity contribution in [1.82, 2.24) is 10.2 Å². The van der Waals surface area contributed by atoms with E-state index >= 15 is 0 Å². The van der Waals surface area contributed by atoms with E-state index in [0.717, 1.165) is 6.42 Å². The molecular formula is C17H32N2O3. The van der Waals surface area contributed by atoms with Gasteiger partial charge < -0.3 is 10.4 Å². The Kier molecular flexibility index (Phi) is 9.02. The van der Waals surface area contributed by atoms with E-state index in [0.29, 0.717) is 13.0 Å². The van der Waals surface area contributed by atoms with Gasteiger partial charge in [-0.05, 0) is 38.8 Å². The Labute approximate surface area is 134 Å². The molecule has 0 fully saturated rings. The van der Waals surface area contributed by atoms with Crippen molar-refractivity contribution in [3.05, 3.63) is 12.3 Å². The lowest BCUT2D eigenvalue weighted by Gasteiger charge is -2.32. The topological polar surface area (TPSA) is 69.6 Å². The number of ketones is 1. The number of amides is 1. The highest BCUT2D eigenvalue weighted by Crippen LogP contribution is 2.13. The minimum atomic E-state index is -0.445. The molecule has 0 saturated heterocycles. The van der Waals surface area contributed by atoms with Crippen molar-refractivity contribution in [2.24, 2.45) is 11.8 Å². The third-order valence-corrected chi connectivity index (χ3v) is 3.75. The molecule has 0 aliphatic rings. The van der Waals surface area contributed by atoms with Crippen LogP contribution in [-0.2, 0) is 9.59 Å². The summed E-state index contributed by atoms with van der Waals surface area (Å²) in [5, 5.41) is 12.0. The number of likely N-dealkylation sites (N-methyl/N-ethyl adjacent to an activating group) is 1. The highest BCUT2D eigenvalue weighted by Gasteiger charge is 2.30. The van der Waals surface area contributed by atoms with Crippen LogP contribution in [0.3, 0.4) is 0 Å². The smallest absolute Gasteiger partial charge is 0.238 e. The molecule has 1 unspecified atom stereocenters. The van der Waals surface area contributed by atoms with Crippen molar-refractivity contribution in [2.75, 3.05) is 13.6 Å². The summed E-state index contributed by atoms with van der Waals surface area (Å²) in [5.41, 5.74) is 0. The number of carbonyl (C=O) groups is 2. The maximum Gasteiger partial charge on any atom is 0.238 e. The van der Waals surface area contributed by atoms with Crippen LogP contribution in [-0.4, -0.2) is 47.4 Å². The highest BCUT2D eigenvalue weighted by molar-refractivity contribution is 5.89. The minimum absolute atomic E-state index is 0.0231. The van der Waals surface area contributed by atoms with E-state index in [1.807, 2.05) is 39.6 Å². The van der Waals surface area contributed by atoms with Gasteiger partial charge in [0.1, 0.15) is 0 Å². The molecule has 0 aliphatic carbocycles.